The molecule has 4 heteroatoms. The number of hydrogen-bond donors (Lipinski definition) is 0. The van der Waals surface area contributed by atoms with Gasteiger partial charge in [-0.25, -0.2) is 0 Å². The highest BCUT2D eigenvalue weighted by atomic mass is 16.7. The second-order valence-corrected chi connectivity index (χ2v) is 4.57. The Morgan fingerprint density at radius 1 is 1.28 bits per heavy atom. The summed E-state index contributed by atoms with van der Waals surface area (Å²) < 4.78 is 10.9. The summed E-state index contributed by atoms with van der Waals surface area (Å²) in [6.07, 6.45) is 7.38. The van der Waals surface area contributed by atoms with Gasteiger partial charge in [0.05, 0.1) is 6.61 Å². The van der Waals surface area contributed by atoms with Crippen molar-refractivity contribution in [1.82, 2.24) is 0 Å². The first kappa shape index (κ1) is 13.2. The van der Waals surface area contributed by atoms with E-state index in [-0.39, 0.29) is 17.1 Å². The molecule has 0 aromatic heterocycles. The van der Waals surface area contributed by atoms with Gasteiger partial charge in [0.15, 0.2) is 6.29 Å². The summed E-state index contributed by atoms with van der Waals surface area (Å²) in [4.78, 5) is 22.2. The Morgan fingerprint density at radius 3 is 2.78 bits per heavy atom. The van der Waals surface area contributed by atoms with E-state index < -0.39 is 0 Å². The van der Waals surface area contributed by atoms with Gasteiger partial charge >= 0.3 is 0 Å². The SMILES string of the molecule is Cc1c(C/C=C/COC2CCCCO2)c(=O)c1=O. The van der Waals surface area contributed by atoms with Crippen molar-refractivity contribution in [3.8, 4) is 0 Å². The lowest BCUT2D eigenvalue weighted by atomic mass is 9.99. The first-order valence-corrected chi connectivity index (χ1v) is 6.37. The Kier molecular flexibility index (Phi) is 4.44. The van der Waals surface area contributed by atoms with Gasteiger partial charge in [-0.1, -0.05) is 12.2 Å². The van der Waals surface area contributed by atoms with E-state index in [1.165, 1.54) is 0 Å². The standard InChI is InChI=1S/C14H18O4/c1-10-11(14(16)13(10)15)6-2-4-8-17-12-7-3-5-9-18-12/h2,4,12H,3,5-9H2,1H3/b4-2+. The topological polar surface area (TPSA) is 52.6 Å². The lowest BCUT2D eigenvalue weighted by Gasteiger charge is -2.21. The Bertz CT molecular complexity index is 488. The molecule has 1 fully saturated rings. The summed E-state index contributed by atoms with van der Waals surface area (Å²) in [5, 5.41) is 0. The monoisotopic (exact) mass is 250 g/mol. The number of ether oxygens (including phenoxy) is 2. The number of allylic oxidation sites excluding steroid dienone is 1. The van der Waals surface area contributed by atoms with Crippen molar-refractivity contribution in [3.63, 3.8) is 0 Å². The normalized spacial score (nSPS) is 20.8. The lowest BCUT2D eigenvalue weighted by Crippen LogP contribution is -2.37. The third kappa shape index (κ3) is 2.94. The van der Waals surface area contributed by atoms with E-state index in [4.69, 9.17) is 9.47 Å². The van der Waals surface area contributed by atoms with Crippen LogP contribution in [0.1, 0.15) is 30.4 Å². The second kappa shape index (κ2) is 6.07. The summed E-state index contributed by atoms with van der Waals surface area (Å²) in [6, 6.07) is 0. The van der Waals surface area contributed by atoms with Crippen LogP contribution in [0.2, 0.25) is 0 Å². The molecule has 1 aliphatic rings. The lowest BCUT2D eigenvalue weighted by molar-refractivity contribution is -0.155. The predicted octanol–water partition coefficient (Wildman–Crippen LogP) is 1.23. The third-order valence-electron chi connectivity index (χ3n) is 3.28. The molecule has 1 atom stereocenters. The molecule has 4 nitrogen and oxygen atoms in total. The average molecular weight is 250 g/mol. The van der Waals surface area contributed by atoms with E-state index in [1.807, 2.05) is 12.2 Å². The van der Waals surface area contributed by atoms with Crippen LogP contribution in [0.15, 0.2) is 21.7 Å². The summed E-state index contributed by atoms with van der Waals surface area (Å²) >= 11 is 0. The molecule has 2 rings (SSSR count). The summed E-state index contributed by atoms with van der Waals surface area (Å²) in [5.41, 5.74) is 0.547. The van der Waals surface area contributed by atoms with Gasteiger partial charge in [-0.05, 0) is 32.6 Å². The van der Waals surface area contributed by atoms with Crippen LogP contribution in [0.5, 0.6) is 0 Å². The van der Waals surface area contributed by atoms with Gasteiger partial charge < -0.3 is 9.47 Å². The van der Waals surface area contributed by atoms with Crippen molar-refractivity contribution in [2.45, 2.75) is 38.9 Å². The van der Waals surface area contributed by atoms with E-state index >= 15 is 0 Å². The van der Waals surface area contributed by atoms with Crippen molar-refractivity contribution in [3.05, 3.63) is 43.7 Å². The van der Waals surface area contributed by atoms with E-state index in [9.17, 15) is 9.59 Å². The fourth-order valence-electron chi connectivity index (χ4n) is 2.07. The van der Waals surface area contributed by atoms with Gasteiger partial charge in [-0.3, -0.25) is 9.59 Å². The zero-order valence-electron chi connectivity index (χ0n) is 10.6. The summed E-state index contributed by atoms with van der Waals surface area (Å²) in [7, 11) is 0. The molecule has 1 aromatic carbocycles. The highest BCUT2D eigenvalue weighted by molar-refractivity contribution is 5.33. The molecule has 0 amide bonds. The molecule has 1 aliphatic heterocycles. The first-order valence-electron chi connectivity index (χ1n) is 6.37. The minimum absolute atomic E-state index is 0.0868. The second-order valence-electron chi connectivity index (χ2n) is 4.57. The maximum atomic E-state index is 11.2. The summed E-state index contributed by atoms with van der Waals surface area (Å²) in [5.74, 6) is 0. The molecule has 98 valence electrons. The van der Waals surface area contributed by atoms with E-state index in [1.54, 1.807) is 6.92 Å². The van der Waals surface area contributed by atoms with Crippen LogP contribution >= 0.6 is 0 Å². The molecular formula is C14H18O4. The quantitative estimate of drug-likeness (QED) is 0.582. The smallest absolute Gasteiger partial charge is 0.229 e. The van der Waals surface area contributed by atoms with Crippen molar-refractivity contribution < 1.29 is 9.47 Å². The zero-order chi connectivity index (χ0) is 13.0. The maximum absolute atomic E-state index is 11.2. The van der Waals surface area contributed by atoms with Crippen molar-refractivity contribution in [1.29, 1.82) is 0 Å². The average Bonchev–Trinajstić information content (AvgIpc) is 2.42. The van der Waals surface area contributed by atoms with Gasteiger partial charge in [0.1, 0.15) is 0 Å². The van der Waals surface area contributed by atoms with Gasteiger partial charge in [-0.2, -0.15) is 0 Å². The van der Waals surface area contributed by atoms with Gasteiger partial charge in [0, 0.05) is 17.7 Å². The van der Waals surface area contributed by atoms with Crippen molar-refractivity contribution >= 4 is 0 Å². The molecule has 1 saturated heterocycles. The van der Waals surface area contributed by atoms with Crippen molar-refractivity contribution in [2.24, 2.45) is 0 Å². The molecule has 1 unspecified atom stereocenters. The first-order chi connectivity index (χ1) is 8.70. The fourth-order valence-corrected chi connectivity index (χ4v) is 2.07. The fraction of sp³-hybridized carbons (Fsp3) is 0.571. The Hall–Kier alpha value is -1.26. The van der Waals surface area contributed by atoms with Crippen molar-refractivity contribution in [2.75, 3.05) is 13.2 Å². The van der Waals surface area contributed by atoms with Crippen LogP contribution in [0.4, 0.5) is 0 Å². The molecule has 18 heavy (non-hydrogen) atoms. The Balaban J connectivity index is 1.69. The summed E-state index contributed by atoms with van der Waals surface area (Å²) in [6.45, 7) is 2.95. The molecule has 0 aliphatic carbocycles. The van der Waals surface area contributed by atoms with Crippen LogP contribution in [0, 0.1) is 6.92 Å². The highest BCUT2D eigenvalue weighted by Crippen LogP contribution is 2.13. The zero-order valence-corrected chi connectivity index (χ0v) is 10.6. The van der Waals surface area contributed by atoms with Crippen LogP contribution in [-0.4, -0.2) is 19.5 Å². The molecular weight excluding hydrogens is 232 g/mol. The molecule has 0 bridgehead atoms. The van der Waals surface area contributed by atoms with Gasteiger partial charge in [0.25, 0.3) is 0 Å². The van der Waals surface area contributed by atoms with Crippen LogP contribution in [-0.2, 0) is 15.9 Å². The minimum Gasteiger partial charge on any atom is -0.353 e. The molecule has 0 spiro atoms. The molecule has 0 radical (unpaired) electrons. The van der Waals surface area contributed by atoms with Crippen LogP contribution in [0.3, 0.4) is 0 Å². The minimum atomic E-state index is -0.342. The van der Waals surface area contributed by atoms with Gasteiger partial charge in [0.2, 0.25) is 10.9 Å². The molecule has 1 aromatic rings. The third-order valence-corrected chi connectivity index (χ3v) is 3.28. The largest absolute Gasteiger partial charge is 0.353 e. The van der Waals surface area contributed by atoms with E-state index in [0.29, 0.717) is 24.2 Å². The Labute approximate surface area is 106 Å². The molecule has 0 saturated carbocycles. The number of hydrogen-bond acceptors (Lipinski definition) is 4. The van der Waals surface area contributed by atoms with Gasteiger partial charge in [-0.15, -0.1) is 0 Å². The maximum Gasteiger partial charge on any atom is 0.229 e. The molecule has 0 N–H and O–H groups in total. The predicted molar refractivity (Wildman–Crippen MR) is 68.5 cm³/mol. The number of rotatable bonds is 5. The molecule has 1 heterocycles. The van der Waals surface area contributed by atoms with E-state index in [0.717, 1.165) is 25.9 Å². The Morgan fingerprint density at radius 2 is 2.11 bits per heavy atom. The highest BCUT2D eigenvalue weighted by Gasteiger charge is 2.15. The van der Waals surface area contributed by atoms with Crippen LogP contribution < -0.4 is 10.9 Å². The van der Waals surface area contributed by atoms with E-state index in [2.05, 4.69) is 0 Å². The van der Waals surface area contributed by atoms with Crippen LogP contribution in [0.25, 0.3) is 0 Å².